The van der Waals surface area contributed by atoms with E-state index in [9.17, 15) is 14.3 Å². The fourth-order valence-corrected chi connectivity index (χ4v) is 2.34. The average molecular weight is 316 g/mol. The van der Waals surface area contributed by atoms with Crippen LogP contribution in [0.25, 0.3) is 0 Å². The molecule has 1 amide bonds. The second kappa shape index (κ2) is 8.39. The van der Waals surface area contributed by atoms with Crippen LogP contribution in [0.15, 0.2) is 48.7 Å². The summed E-state index contributed by atoms with van der Waals surface area (Å²) in [5, 5.41) is 12.3. The monoisotopic (exact) mass is 316 g/mol. The van der Waals surface area contributed by atoms with E-state index in [1.54, 1.807) is 25.3 Å². The number of aliphatic hydroxyl groups excluding tert-OH is 1. The Bertz CT molecular complexity index is 634. The quantitative estimate of drug-likeness (QED) is 0.824. The number of halogens is 1. The Balaban J connectivity index is 1.89. The molecule has 1 aromatic heterocycles. The first-order valence-corrected chi connectivity index (χ1v) is 7.64. The van der Waals surface area contributed by atoms with Gasteiger partial charge in [-0.25, -0.2) is 4.39 Å². The van der Waals surface area contributed by atoms with E-state index in [0.29, 0.717) is 18.5 Å². The third kappa shape index (κ3) is 5.14. The lowest BCUT2D eigenvalue weighted by atomic mass is 9.99. The van der Waals surface area contributed by atoms with E-state index >= 15 is 0 Å². The molecule has 1 aromatic carbocycles. The van der Waals surface area contributed by atoms with Crippen LogP contribution in [0.3, 0.4) is 0 Å². The number of hydrogen-bond acceptors (Lipinski definition) is 3. The molecular formula is C18H21FN2O2. The van der Waals surface area contributed by atoms with E-state index in [1.165, 1.54) is 12.1 Å². The maximum absolute atomic E-state index is 13.2. The van der Waals surface area contributed by atoms with Crippen molar-refractivity contribution >= 4 is 5.91 Å². The molecule has 4 nitrogen and oxygen atoms in total. The molecule has 0 spiro atoms. The summed E-state index contributed by atoms with van der Waals surface area (Å²) in [5.41, 5.74) is 1.51. The third-order valence-electron chi connectivity index (χ3n) is 3.79. The highest BCUT2D eigenvalue weighted by Gasteiger charge is 2.17. The number of aliphatic hydroxyl groups is 1. The Labute approximate surface area is 135 Å². The number of amides is 1. The molecule has 1 heterocycles. The fraction of sp³-hybridized carbons (Fsp3) is 0.333. The van der Waals surface area contributed by atoms with Gasteiger partial charge in [-0.3, -0.25) is 9.78 Å². The van der Waals surface area contributed by atoms with Gasteiger partial charge in [0.1, 0.15) is 5.82 Å². The van der Waals surface area contributed by atoms with Crippen LogP contribution in [0.4, 0.5) is 4.39 Å². The minimum Gasteiger partial charge on any atom is -0.396 e. The van der Waals surface area contributed by atoms with Gasteiger partial charge in [0, 0.05) is 31.0 Å². The number of carbonyl (C=O) groups is 1. The number of nitrogens with zero attached hydrogens (tertiary/aromatic N) is 1. The lowest BCUT2D eigenvalue weighted by molar-refractivity contribution is -0.122. The molecule has 0 aliphatic rings. The summed E-state index contributed by atoms with van der Waals surface area (Å²) < 4.78 is 13.2. The molecule has 0 aliphatic carbocycles. The standard InChI is InChI=1S/C18H21FN2O2/c1-13(15-5-4-6-16(19)10-15)18(23)21-11-14(12-22)9-17-7-2-3-8-20-17/h2-8,10,13-14,22H,9,11-12H2,1H3,(H,21,23). The van der Waals surface area contributed by atoms with Gasteiger partial charge in [-0.1, -0.05) is 18.2 Å². The summed E-state index contributed by atoms with van der Waals surface area (Å²) >= 11 is 0. The van der Waals surface area contributed by atoms with Gasteiger partial charge in [0.05, 0.1) is 5.92 Å². The highest BCUT2D eigenvalue weighted by atomic mass is 19.1. The molecule has 0 fully saturated rings. The minimum atomic E-state index is -0.445. The van der Waals surface area contributed by atoms with Crippen molar-refractivity contribution in [2.45, 2.75) is 19.3 Å². The molecule has 2 rings (SSSR count). The number of pyridine rings is 1. The number of nitrogens with one attached hydrogen (secondary N) is 1. The van der Waals surface area contributed by atoms with Crippen molar-refractivity contribution in [3.63, 3.8) is 0 Å². The molecule has 0 aliphatic heterocycles. The molecule has 2 N–H and O–H groups in total. The molecule has 0 saturated carbocycles. The lowest BCUT2D eigenvalue weighted by Crippen LogP contribution is -2.34. The zero-order valence-corrected chi connectivity index (χ0v) is 13.1. The van der Waals surface area contributed by atoms with E-state index < -0.39 is 5.92 Å². The molecule has 122 valence electrons. The summed E-state index contributed by atoms with van der Waals surface area (Å²) in [7, 11) is 0. The molecule has 0 radical (unpaired) electrons. The van der Waals surface area contributed by atoms with Crippen molar-refractivity contribution in [1.82, 2.24) is 10.3 Å². The van der Waals surface area contributed by atoms with Gasteiger partial charge in [0.15, 0.2) is 0 Å². The van der Waals surface area contributed by atoms with E-state index in [-0.39, 0.29) is 24.2 Å². The van der Waals surface area contributed by atoms with E-state index in [0.717, 1.165) is 5.69 Å². The first kappa shape index (κ1) is 17.1. The summed E-state index contributed by atoms with van der Waals surface area (Å²) in [5.74, 6) is -1.09. The number of carbonyl (C=O) groups excluding carboxylic acids is 1. The third-order valence-corrected chi connectivity index (χ3v) is 3.79. The van der Waals surface area contributed by atoms with Crippen LogP contribution in [-0.2, 0) is 11.2 Å². The molecule has 2 aromatic rings. The fourth-order valence-electron chi connectivity index (χ4n) is 2.34. The zero-order chi connectivity index (χ0) is 16.7. The summed E-state index contributed by atoms with van der Waals surface area (Å²) in [6.45, 7) is 2.05. The highest BCUT2D eigenvalue weighted by molar-refractivity contribution is 5.83. The maximum atomic E-state index is 13.2. The van der Waals surface area contributed by atoms with Gasteiger partial charge in [0.25, 0.3) is 0 Å². The Morgan fingerprint density at radius 2 is 2.13 bits per heavy atom. The minimum absolute atomic E-state index is 0.0365. The van der Waals surface area contributed by atoms with Crippen LogP contribution >= 0.6 is 0 Å². The highest BCUT2D eigenvalue weighted by Crippen LogP contribution is 2.16. The van der Waals surface area contributed by atoms with Crippen molar-refractivity contribution < 1.29 is 14.3 Å². The summed E-state index contributed by atoms with van der Waals surface area (Å²) in [4.78, 5) is 16.4. The first-order chi connectivity index (χ1) is 11.1. The average Bonchev–Trinajstić information content (AvgIpc) is 2.58. The van der Waals surface area contributed by atoms with Crippen LogP contribution in [0.1, 0.15) is 24.1 Å². The Morgan fingerprint density at radius 1 is 1.30 bits per heavy atom. The molecule has 23 heavy (non-hydrogen) atoms. The van der Waals surface area contributed by atoms with Crippen molar-refractivity contribution in [3.05, 3.63) is 65.7 Å². The van der Waals surface area contributed by atoms with Crippen molar-refractivity contribution in [2.75, 3.05) is 13.2 Å². The normalized spacial score (nSPS) is 13.3. The summed E-state index contributed by atoms with van der Waals surface area (Å²) in [6.07, 6.45) is 2.29. The van der Waals surface area contributed by atoms with Crippen LogP contribution in [0, 0.1) is 11.7 Å². The maximum Gasteiger partial charge on any atom is 0.227 e. The van der Waals surface area contributed by atoms with Crippen molar-refractivity contribution in [1.29, 1.82) is 0 Å². The molecule has 0 bridgehead atoms. The smallest absolute Gasteiger partial charge is 0.227 e. The molecule has 2 atom stereocenters. The largest absolute Gasteiger partial charge is 0.396 e. The van der Waals surface area contributed by atoms with Gasteiger partial charge in [-0.2, -0.15) is 0 Å². The first-order valence-electron chi connectivity index (χ1n) is 7.64. The molecule has 5 heteroatoms. The van der Waals surface area contributed by atoms with Gasteiger partial charge >= 0.3 is 0 Å². The van der Waals surface area contributed by atoms with Crippen LogP contribution in [-0.4, -0.2) is 29.1 Å². The van der Waals surface area contributed by atoms with Gasteiger partial charge in [-0.05, 0) is 43.2 Å². The van der Waals surface area contributed by atoms with Gasteiger partial charge in [0.2, 0.25) is 5.91 Å². The second-order valence-electron chi connectivity index (χ2n) is 5.60. The van der Waals surface area contributed by atoms with Crippen molar-refractivity contribution in [3.8, 4) is 0 Å². The zero-order valence-electron chi connectivity index (χ0n) is 13.1. The Kier molecular flexibility index (Phi) is 6.23. The second-order valence-corrected chi connectivity index (χ2v) is 5.60. The van der Waals surface area contributed by atoms with E-state index in [4.69, 9.17) is 0 Å². The van der Waals surface area contributed by atoms with Crippen LogP contribution in [0.2, 0.25) is 0 Å². The summed E-state index contributed by atoms with van der Waals surface area (Å²) in [6, 6.07) is 11.6. The predicted molar refractivity (Wildman–Crippen MR) is 86.3 cm³/mol. The Morgan fingerprint density at radius 3 is 2.78 bits per heavy atom. The lowest BCUT2D eigenvalue weighted by Gasteiger charge is -2.17. The van der Waals surface area contributed by atoms with Crippen molar-refractivity contribution in [2.24, 2.45) is 5.92 Å². The number of hydrogen-bond donors (Lipinski definition) is 2. The number of benzene rings is 1. The van der Waals surface area contributed by atoms with Crippen LogP contribution in [0.5, 0.6) is 0 Å². The molecule has 0 saturated heterocycles. The van der Waals surface area contributed by atoms with Gasteiger partial charge < -0.3 is 10.4 Å². The molecular weight excluding hydrogens is 295 g/mol. The SMILES string of the molecule is CC(C(=O)NCC(CO)Cc1ccccn1)c1cccc(F)c1. The number of aromatic nitrogens is 1. The van der Waals surface area contributed by atoms with E-state index in [1.807, 2.05) is 18.2 Å². The van der Waals surface area contributed by atoms with E-state index in [2.05, 4.69) is 10.3 Å². The predicted octanol–water partition coefficient (Wildman–Crippen LogP) is 2.29. The van der Waals surface area contributed by atoms with Gasteiger partial charge in [-0.15, -0.1) is 0 Å². The Hall–Kier alpha value is -2.27. The van der Waals surface area contributed by atoms with Crippen LogP contribution < -0.4 is 5.32 Å². The topological polar surface area (TPSA) is 62.2 Å². The molecule has 2 unspecified atom stereocenters. The number of rotatable bonds is 7.